The maximum Gasteiger partial charge on any atom is 0.259 e. The van der Waals surface area contributed by atoms with Crippen LogP contribution in [0.2, 0.25) is 0 Å². The van der Waals surface area contributed by atoms with Gasteiger partial charge in [-0.25, -0.2) is 4.98 Å². The number of hydrogen-bond donors (Lipinski definition) is 1. The molecule has 0 aliphatic heterocycles. The van der Waals surface area contributed by atoms with E-state index in [0.29, 0.717) is 16.9 Å². The third-order valence-corrected chi connectivity index (χ3v) is 2.85. The van der Waals surface area contributed by atoms with Crippen molar-refractivity contribution in [3.8, 4) is 11.5 Å². The summed E-state index contributed by atoms with van der Waals surface area (Å²) in [4.78, 5) is 23.4. The zero-order chi connectivity index (χ0) is 12.5. The third kappa shape index (κ3) is 1.68. The Morgan fingerprint density at radius 2 is 2.00 bits per heavy atom. The fourth-order valence-corrected chi connectivity index (χ4v) is 1.93. The molecule has 4 nitrogen and oxygen atoms in total. The predicted octanol–water partition coefficient (Wildman–Crippen LogP) is 2.29. The van der Waals surface area contributed by atoms with Crippen molar-refractivity contribution in [1.29, 1.82) is 0 Å². The van der Waals surface area contributed by atoms with Gasteiger partial charge in [-0.2, -0.15) is 0 Å². The lowest BCUT2D eigenvalue weighted by atomic mass is 10.1. The van der Waals surface area contributed by atoms with Crippen LogP contribution in [0.1, 0.15) is 5.56 Å². The summed E-state index contributed by atoms with van der Waals surface area (Å²) >= 11 is 0. The minimum absolute atomic E-state index is 0.135. The van der Waals surface area contributed by atoms with E-state index in [1.165, 1.54) is 0 Å². The molecule has 0 aliphatic carbocycles. The minimum Gasteiger partial charge on any atom is -0.305 e. The van der Waals surface area contributed by atoms with Crippen molar-refractivity contribution in [2.24, 2.45) is 0 Å². The summed E-state index contributed by atoms with van der Waals surface area (Å²) in [7, 11) is 0. The highest BCUT2D eigenvalue weighted by Gasteiger charge is 2.07. The summed E-state index contributed by atoms with van der Waals surface area (Å²) in [5.41, 5.74) is 2.24. The summed E-state index contributed by atoms with van der Waals surface area (Å²) in [5, 5.41) is 0.606. The molecule has 1 aromatic carbocycles. The monoisotopic (exact) mass is 237 g/mol. The van der Waals surface area contributed by atoms with E-state index in [-0.39, 0.29) is 5.56 Å². The molecular formula is C14H11N3O. The van der Waals surface area contributed by atoms with Crippen LogP contribution in [0.15, 0.2) is 47.4 Å². The number of aryl methyl sites for hydroxylation is 1. The van der Waals surface area contributed by atoms with Gasteiger partial charge in [-0.15, -0.1) is 0 Å². The van der Waals surface area contributed by atoms with Crippen LogP contribution in [-0.2, 0) is 0 Å². The largest absolute Gasteiger partial charge is 0.305 e. The van der Waals surface area contributed by atoms with E-state index >= 15 is 0 Å². The van der Waals surface area contributed by atoms with Gasteiger partial charge in [0.15, 0.2) is 5.82 Å². The molecule has 88 valence electrons. The molecule has 2 aromatic heterocycles. The number of nitrogens with one attached hydrogen (secondary N) is 1. The van der Waals surface area contributed by atoms with Gasteiger partial charge in [0.1, 0.15) is 5.69 Å². The van der Waals surface area contributed by atoms with Gasteiger partial charge in [0.2, 0.25) is 0 Å². The molecule has 0 amide bonds. The second kappa shape index (κ2) is 4.07. The number of aromatic amines is 1. The Balaban J connectivity index is 2.34. The van der Waals surface area contributed by atoms with Crippen molar-refractivity contribution in [2.75, 3.05) is 0 Å². The summed E-state index contributed by atoms with van der Waals surface area (Å²) < 4.78 is 0. The number of rotatable bonds is 1. The molecule has 2 heterocycles. The number of benzene rings is 1. The summed E-state index contributed by atoms with van der Waals surface area (Å²) in [6.07, 6.45) is 1.68. The zero-order valence-corrected chi connectivity index (χ0v) is 9.84. The van der Waals surface area contributed by atoms with Crippen molar-refractivity contribution in [2.45, 2.75) is 6.92 Å². The molecule has 0 bridgehead atoms. The highest BCUT2D eigenvalue weighted by molar-refractivity contribution is 5.82. The Bertz CT molecular complexity index is 763. The highest BCUT2D eigenvalue weighted by Crippen LogP contribution is 2.16. The lowest BCUT2D eigenvalue weighted by Crippen LogP contribution is -2.10. The van der Waals surface area contributed by atoms with Crippen LogP contribution in [0.5, 0.6) is 0 Å². The predicted molar refractivity (Wildman–Crippen MR) is 70.3 cm³/mol. The van der Waals surface area contributed by atoms with E-state index in [9.17, 15) is 4.79 Å². The first-order valence-corrected chi connectivity index (χ1v) is 5.67. The van der Waals surface area contributed by atoms with Gasteiger partial charge in [0, 0.05) is 6.20 Å². The zero-order valence-electron chi connectivity index (χ0n) is 9.84. The van der Waals surface area contributed by atoms with Gasteiger partial charge in [-0.3, -0.25) is 9.78 Å². The molecule has 3 aromatic rings. The van der Waals surface area contributed by atoms with Crippen molar-refractivity contribution >= 4 is 10.9 Å². The molecule has 0 saturated heterocycles. The second-order valence-corrected chi connectivity index (χ2v) is 4.10. The first-order valence-electron chi connectivity index (χ1n) is 5.67. The average Bonchev–Trinajstić information content (AvgIpc) is 2.41. The molecular weight excluding hydrogens is 226 g/mol. The fraction of sp³-hybridized carbons (Fsp3) is 0.0714. The van der Waals surface area contributed by atoms with E-state index < -0.39 is 0 Å². The smallest absolute Gasteiger partial charge is 0.259 e. The van der Waals surface area contributed by atoms with Crippen LogP contribution in [0.3, 0.4) is 0 Å². The minimum atomic E-state index is -0.135. The summed E-state index contributed by atoms with van der Waals surface area (Å²) in [6, 6.07) is 11.1. The number of para-hydroxylation sites is 1. The molecule has 0 unspecified atom stereocenters. The van der Waals surface area contributed by atoms with Gasteiger partial charge in [0.25, 0.3) is 5.56 Å². The van der Waals surface area contributed by atoms with Crippen LogP contribution in [-0.4, -0.2) is 15.0 Å². The lowest BCUT2D eigenvalue weighted by Gasteiger charge is -2.04. The van der Waals surface area contributed by atoms with Crippen molar-refractivity contribution in [3.05, 3.63) is 58.5 Å². The molecule has 0 atom stereocenters. The van der Waals surface area contributed by atoms with Gasteiger partial charge in [-0.05, 0) is 30.7 Å². The van der Waals surface area contributed by atoms with Gasteiger partial charge < -0.3 is 4.98 Å². The summed E-state index contributed by atoms with van der Waals surface area (Å²) in [6.45, 7) is 1.94. The van der Waals surface area contributed by atoms with E-state index in [2.05, 4.69) is 15.0 Å². The maximum atomic E-state index is 12.0. The van der Waals surface area contributed by atoms with Crippen molar-refractivity contribution in [1.82, 2.24) is 15.0 Å². The number of fused-ring (bicyclic) bond motifs is 1. The Morgan fingerprint density at radius 1 is 1.11 bits per heavy atom. The van der Waals surface area contributed by atoms with Crippen LogP contribution in [0.4, 0.5) is 0 Å². The molecule has 3 rings (SSSR count). The first kappa shape index (κ1) is 10.7. The second-order valence-electron chi connectivity index (χ2n) is 4.10. The third-order valence-electron chi connectivity index (χ3n) is 2.85. The van der Waals surface area contributed by atoms with E-state index in [1.54, 1.807) is 12.3 Å². The SMILES string of the molecule is Cc1cccc2c(=O)[nH]c(-c3ccccn3)nc12. The standard InChI is InChI=1S/C14H11N3O/c1-9-5-4-6-10-12(9)16-13(17-14(10)18)11-7-2-3-8-15-11/h2-8H,1H3,(H,16,17,18). The van der Waals surface area contributed by atoms with Gasteiger partial charge in [0.05, 0.1) is 10.9 Å². The number of pyridine rings is 1. The Kier molecular flexibility index (Phi) is 2.41. The van der Waals surface area contributed by atoms with Crippen molar-refractivity contribution < 1.29 is 0 Å². The molecule has 0 aliphatic rings. The Hall–Kier alpha value is -2.49. The topological polar surface area (TPSA) is 58.6 Å². The molecule has 0 saturated carbocycles. The van der Waals surface area contributed by atoms with E-state index in [0.717, 1.165) is 11.1 Å². The lowest BCUT2D eigenvalue weighted by molar-refractivity contribution is 1.14. The number of H-pyrrole nitrogens is 1. The number of hydrogen-bond acceptors (Lipinski definition) is 3. The number of nitrogens with zero attached hydrogens (tertiary/aromatic N) is 2. The molecule has 4 heteroatoms. The number of aromatic nitrogens is 3. The Labute approximate surface area is 103 Å². The quantitative estimate of drug-likeness (QED) is 0.706. The van der Waals surface area contributed by atoms with Crippen LogP contribution >= 0.6 is 0 Å². The average molecular weight is 237 g/mol. The van der Waals surface area contributed by atoms with E-state index in [4.69, 9.17) is 0 Å². The Morgan fingerprint density at radius 3 is 2.78 bits per heavy atom. The van der Waals surface area contributed by atoms with Crippen LogP contribution in [0, 0.1) is 6.92 Å². The molecule has 0 radical (unpaired) electrons. The highest BCUT2D eigenvalue weighted by atomic mass is 16.1. The normalized spacial score (nSPS) is 10.7. The molecule has 0 spiro atoms. The first-order chi connectivity index (χ1) is 8.75. The van der Waals surface area contributed by atoms with Gasteiger partial charge >= 0.3 is 0 Å². The molecule has 18 heavy (non-hydrogen) atoms. The molecule has 0 fully saturated rings. The molecule has 1 N–H and O–H groups in total. The maximum absolute atomic E-state index is 12.0. The fourth-order valence-electron chi connectivity index (χ4n) is 1.93. The van der Waals surface area contributed by atoms with Gasteiger partial charge in [-0.1, -0.05) is 18.2 Å². The van der Waals surface area contributed by atoms with Crippen LogP contribution < -0.4 is 5.56 Å². The van der Waals surface area contributed by atoms with Crippen LogP contribution in [0.25, 0.3) is 22.4 Å². The van der Waals surface area contributed by atoms with Crippen molar-refractivity contribution in [3.63, 3.8) is 0 Å². The summed E-state index contributed by atoms with van der Waals surface area (Å²) in [5.74, 6) is 0.502. The van der Waals surface area contributed by atoms with E-state index in [1.807, 2.05) is 37.3 Å².